The Morgan fingerprint density at radius 1 is 1.33 bits per heavy atom. The highest BCUT2D eigenvalue weighted by Crippen LogP contribution is 2.13. The van der Waals surface area contributed by atoms with Crippen molar-refractivity contribution in [1.82, 2.24) is 0 Å². The minimum absolute atomic E-state index is 1.34. The molecule has 0 unspecified atom stereocenters. The minimum Gasteiger partial charge on any atom is -0.0868 e. The summed E-state index contributed by atoms with van der Waals surface area (Å²) in [5, 5.41) is 0. The van der Waals surface area contributed by atoms with Crippen LogP contribution in [0.2, 0.25) is 0 Å². The smallest absolute Gasteiger partial charge is 0.0250 e. The van der Waals surface area contributed by atoms with Crippen LogP contribution < -0.4 is 0 Å². The Morgan fingerprint density at radius 2 is 2.11 bits per heavy atom. The van der Waals surface area contributed by atoms with Crippen LogP contribution in [0.25, 0.3) is 0 Å². The van der Waals surface area contributed by atoms with Gasteiger partial charge in [0.15, 0.2) is 0 Å². The van der Waals surface area contributed by atoms with Crippen molar-refractivity contribution in [2.45, 2.75) is 33.1 Å². The normalized spacial score (nSPS) is 12.2. The predicted octanol–water partition coefficient (Wildman–Crippen LogP) is 3.66. The number of unbranched alkanes of at least 4 members (excludes halogenated alkanes) is 2. The third-order valence-electron chi connectivity index (χ3n) is 1.15. The molecule has 0 saturated heterocycles. The molecule has 0 aromatic carbocycles. The number of hydrogen-bond acceptors (Lipinski definition) is 0. The third-order valence-corrected chi connectivity index (χ3v) is 2.23. The molecule has 0 heterocycles. The summed E-state index contributed by atoms with van der Waals surface area (Å²) in [5.41, 5.74) is 0. The van der Waals surface area contributed by atoms with E-state index in [1.165, 1.54) is 34.0 Å². The molecule has 0 aliphatic heterocycles. The summed E-state index contributed by atoms with van der Waals surface area (Å²) in [6, 6.07) is 0. The Bertz CT molecular complexity index is 67.0. The van der Waals surface area contributed by atoms with Crippen LogP contribution in [0.1, 0.15) is 33.1 Å². The molecule has 1 heteroatoms. The molecule has 0 atom stereocenters. The molecular formula is C8H16P. The van der Waals surface area contributed by atoms with E-state index in [4.69, 9.17) is 0 Å². The van der Waals surface area contributed by atoms with Gasteiger partial charge in [0.05, 0.1) is 0 Å². The second-order valence-electron chi connectivity index (χ2n) is 2.10. The first-order valence-electron chi connectivity index (χ1n) is 3.69. The number of allylic oxidation sites excluding steroid dienone is 1. The van der Waals surface area contributed by atoms with E-state index in [2.05, 4.69) is 25.7 Å². The zero-order valence-electron chi connectivity index (χ0n) is 6.43. The highest BCUT2D eigenvalue weighted by Gasteiger charge is 1.82. The average Bonchev–Trinajstić information content (AvgIpc) is 1.89. The minimum atomic E-state index is 1.34. The van der Waals surface area contributed by atoms with Gasteiger partial charge in [-0.15, -0.1) is 0 Å². The molecular weight excluding hydrogens is 127 g/mol. The van der Waals surface area contributed by atoms with E-state index in [-0.39, 0.29) is 0 Å². The molecule has 9 heavy (non-hydrogen) atoms. The zero-order valence-corrected chi connectivity index (χ0v) is 7.32. The zero-order chi connectivity index (χ0) is 6.95. The standard InChI is InChI=1S/C8H16P/c1-3-5-6-8-9-7-4-2/h4,7H,3,5-6,8H2,1-2H3. The van der Waals surface area contributed by atoms with Crippen LogP contribution in [0.3, 0.4) is 0 Å². The van der Waals surface area contributed by atoms with Crippen LogP contribution in [-0.4, -0.2) is 6.16 Å². The lowest BCUT2D eigenvalue weighted by atomic mass is 10.3. The number of rotatable bonds is 5. The van der Waals surface area contributed by atoms with Crippen molar-refractivity contribution < 1.29 is 0 Å². The highest BCUT2D eigenvalue weighted by atomic mass is 31.1. The van der Waals surface area contributed by atoms with Crippen molar-refractivity contribution in [2.24, 2.45) is 0 Å². The van der Waals surface area contributed by atoms with E-state index in [1.807, 2.05) is 0 Å². The van der Waals surface area contributed by atoms with E-state index in [0.717, 1.165) is 0 Å². The molecule has 0 aromatic rings. The monoisotopic (exact) mass is 143 g/mol. The molecule has 0 rings (SSSR count). The Hall–Kier alpha value is 0.170. The van der Waals surface area contributed by atoms with Crippen molar-refractivity contribution in [1.29, 1.82) is 0 Å². The molecule has 0 aromatic heterocycles. The average molecular weight is 143 g/mol. The van der Waals surface area contributed by atoms with Gasteiger partial charge in [-0.1, -0.05) is 40.2 Å². The molecule has 0 fully saturated rings. The van der Waals surface area contributed by atoms with Crippen LogP contribution >= 0.6 is 8.58 Å². The predicted molar refractivity (Wildman–Crippen MR) is 46.1 cm³/mol. The fraction of sp³-hybridized carbons (Fsp3) is 0.750. The molecule has 0 saturated carbocycles. The van der Waals surface area contributed by atoms with Crippen molar-refractivity contribution in [3.63, 3.8) is 0 Å². The van der Waals surface area contributed by atoms with E-state index in [9.17, 15) is 0 Å². The van der Waals surface area contributed by atoms with Crippen molar-refractivity contribution in [2.75, 3.05) is 6.16 Å². The van der Waals surface area contributed by atoms with E-state index < -0.39 is 0 Å². The van der Waals surface area contributed by atoms with Crippen LogP contribution in [0.4, 0.5) is 0 Å². The Morgan fingerprint density at radius 3 is 2.67 bits per heavy atom. The molecule has 53 valence electrons. The van der Waals surface area contributed by atoms with E-state index in [1.54, 1.807) is 0 Å². The first kappa shape index (κ1) is 9.17. The van der Waals surface area contributed by atoms with Gasteiger partial charge in [-0.25, -0.2) is 0 Å². The molecule has 0 spiro atoms. The van der Waals surface area contributed by atoms with E-state index in [0.29, 0.717) is 0 Å². The summed E-state index contributed by atoms with van der Waals surface area (Å²) in [6.07, 6.45) is 7.59. The van der Waals surface area contributed by atoms with Gasteiger partial charge in [-0.2, -0.15) is 0 Å². The van der Waals surface area contributed by atoms with Crippen molar-refractivity contribution in [3.8, 4) is 0 Å². The highest BCUT2D eigenvalue weighted by molar-refractivity contribution is 7.41. The van der Waals surface area contributed by atoms with Crippen molar-refractivity contribution >= 4 is 8.58 Å². The Labute approximate surface area is 60.5 Å². The maximum absolute atomic E-state index is 2.24. The van der Waals surface area contributed by atoms with E-state index >= 15 is 0 Å². The second-order valence-corrected chi connectivity index (χ2v) is 3.21. The van der Waals surface area contributed by atoms with Gasteiger partial charge < -0.3 is 0 Å². The quantitative estimate of drug-likeness (QED) is 0.407. The summed E-state index contributed by atoms with van der Waals surface area (Å²) in [4.78, 5) is 0. The Kier molecular flexibility index (Phi) is 8.32. The van der Waals surface area contributed by atoms with Crippen LogP contribution in [-0.2, 0) is 0 Å². The van der Waals surface area contributed by atoms with Gasteiger partial charge in [-0.3, -0.25) is 0 Å². The third kappa shape index (κ3) is 8.17. The lowest BCUT2D eigenvalue weighted by molar-refractivity contribution is 0.778. The molecule has 0 N–H and O–H groups in total. The maximum atomic E-state index is 2.24. The fourth-order valence-corrected chi connectivity index (χ4v) is 1.40. The molecule has 0 aliphatic carbocycles. The largest absolute Gasteiger partial charge is 0.0868 e. The fourth-order valence-electron chi connectivity index (χ4n) is 0.633. The summed E-state index contributed by atoms with van der Waals surface area (Å²) in [6.45, 7) is 4.32. The van der Waals surface area contributed by atoms with Gasteiger partial charge >= 0.3 is 0 Å². The maximum Gasteiger partial charge on any atom is -0.0250 e. The van der Waals surface area contributed by atoms with Gasteiger partial charge in [0, 0.05) is 0 Å². The van der Waals surface area contributed by atoms with Crippen LogP contribution in [0, 0.1) is 0 Å². The summed E-state index contributed by atoms with van der Waals surface area (Å²) in [5.74, 6) is 2.22. The Balaban J connectivity index is 2.75. The topological polar surface area (TPSA) is 0 Å². The lowest BCUT2D eigenvalue weighted by Gasteiger charge is -1.91. The van der Waals surface area contributed by atoms with Gasteiger partial charge in [0.25, 0.3) is 0 Å². The molecule has 0 nitrogen and oxygen atoms in total. The molecule has 0 bridgehead atoms. The van der Waals surface area contributed by atoms with Crippen LogP contribution in [0.5, 0.6) is 0 Å². The second kappa shape index (κ2) is 8.17. The SMILES string of the molecule is CC=C[P]CCCCC. The molecule has 0 aliphatic rings. The lowest BCUT2D eigenvalue weighted by Crippen LogP contribution is -1.73. The van der Waals surface area contributed by atoms with Gasteiger partial charge in [0.1, 0.15) is 0 Å². The summed E-state index contributed by atoms with van der Waals surface area (Å²) < 4.78 is 0. The molecule has 0 amide bonds. The number of hydrogen-bond donors (Lipinski definition) is 0. The molecule has 1 radical (unpaired) electrons. The van der Waals surface area contributed by atoms with Gasteiger partial charge in [-0.05, 0) is 19.5 Å². The van der Waals surface area contributed by atoms with Crippen molar-refractivity contribution in [3.05, 3.63) is 11.9 Å². The van der Waals surface area contributed by atoms with Crippen LogP contribution in [0.15, 0.2) is 11.9 Å². The summed E-state index contributed by atoms with van der Waals surface area (Å²) >= 11 is 0. The first-order valence-corrected chi connectivity index (χ1v) is 4.84. The summed E-state index contributed by atoms with van der Waals surface area (Å²) in [7, 11) is 1.49. The first-order chi connectivity index (χ1) is 4.41. The van der Waals surface area contributed by atoms with Gasteiger partial charge in [0.2, 0.25) is 0 Å².